The number of nitrogens with one attached hydrogen (secondary N) is 1. The molecular formula is C12H13ClF2N2. The Bertz CT molecular complexity index is 423. The summed E-state index contributed by atoms with van der Waals surface area (Å²) in [6.45, 7) is 0.739. The number of anilines is 1. The summed E-state index contributed by atoms with van der Waals surface area (Å²) in [6.07, 6.45) is 3.96. The van der Waals surface area contributed by atoms with Crippen LogP contribution in [0.3, 0.4) is 0 Å². The first-order valence-corrected chi connectivity index (χ1v) is 5.99. The molecule has 0 aromatic heterocycles. The van der Waals surface area contributed by atoms with Crippen LogP contribution in [0.2, 0.25) is 5.02 Å². The van der Waals surface area contributed by atoms with Gasteiger partial charge in [0.1, 0.15) is 11.7 Å². The molecule has 0 saturated carbocycles. The summed E-state index contributed by atoms with van der Waals surface area (Å²) in [5.74, 6) is -0.655. The number of amidine groups is 1. The standard InChI is InChI=1S/C12H13ClF2N2/c13-9-6-8(14)7-10(15)12(9)17-11-4-2-1-3-5-16-11/h6-7H,1-5H2,(H,16,17). The van der Waals surface area contributed by atoms with Crippen LogP contribution in [0.4, 0.5) is 14.5 Å². The zero-order chi connectivity index (χ0) is 12.3. The van der Waals surface area contributed by atoms with Crippen LogP contribution in [0.5, 0.6) is 0 Å². The molecule has 0 saturated heterocycles. The third kappa shape index (κ3) is 3.16. The van der Waals surface area contributed by atoms with Crippen molar-refractivity contribution >= 4 is 23.1 Å². The van der Waals surface area contributed by atoms with E-state index in [4.69, 9.17) is 11.6 Å². The summed E-state index contributed by atoms with van der Waals surface area (Å²) in [4.78, 5) is 4.31. The van der Waals surface area contributed by atoms with Crippen LogP contribution < -0.4 is 5.32 Å². The maximum atomic E-state index is 13.5. The van der Waals surface area contributed by atoms with Gasteiger partial charge in [0.05, 0.1) is 10.7 Å². The molecule has 0 amide bonds. The van der Waals surface area contributed by atoms with Crippen molar-refractivity contribution in [3.8, 4) is 0 Å². The normalized spacial score (nSPS) is 16.3. The van der Waals surface area contributed by atoms with Crippen molar-refractivity contribution in [2.45, 2.75) is 25.7 Å². The quantitative estimate of drug-likeness (QED) is 0.809. The summed E-state index contributed by atoms with van der Waals surface area (Å²) in [6, 6.07) is 1.90. The number of halogens is 3. The van der Waals surface area contributed by atoms with E-state index in [0.29, 0.717) is 0 Å². The van der Waals surface area contributed by atoms with E-state index >= 15 is 0 Å². The van der Waals surface area contributed by atoms with Gasteiger partial charge in [0, 0.05) is 19.0 Å². The van der Waals surface area contributed by atoms with Crippen LogP contribution in [0.1, 0.15) is 25.7 Å². The van der Waals surface area contributed by atoms with E-state index in [1.165, 1.54) is 0 Å². The van der Waals surface area contributed by atoms with Crippen molar-refractivity contribution < 1.29 is 8.78 Å². The van der Waals surface area contributed by atoms with Gasteiger partial charge in [-0.1, -0.05) is 18.0 Å². The largest absolute Gasteiger partial charge is 0.340 e. The van der Waals surface area contributed by atoms with Gasteiger partial charge in [-0.05, 0) is 18.9 Å². The smallest absolute Gasteiger partial charge is 0.151 e. The van der Waals surface area contributed by atoms with Crippen LogP contribution in [-0.4, -0.2) is 12.4 Å². The molecule has 0 bridgehead atoms. The van der Waals surface area contributed by atoms with Crippen LogP contribution in [0.25, 0.3) is 0 Å². The van der Waals surface area contributed by atoms with E-state index < -0.39 is 11.6 Å². The van der Waals surface area contributed by atoms with Crippen LogP contribution >= 0.6 is 11.6 Å². The number of rotatable bonds is 1. The Morgan fingerprint density at radius 2 is 2.00 bits per heavy atom. The zero-order valence-corrected chi connectivity index (χ0v) is 10.0. The lowest BCUT2D eigenvalue weighted by molar-refractivity contribution is 0.586. The molecule has 2 rings (SSSR count). The third-order valence-corrected chi connectivity index (χ3v) is 2.95. The molecule has 1 heterocycles. The van der Waals surface area contributed by atoms with Crippen LogP contribution in [0, 0.1) is 11.6 Å². The van der Waals surface area contributed by atoms with Gasteiger partial charge in [-0.15, -0.1) is 0 Å². The molecule has 1 aromatic carbocycles. The lowest BCUT2D eigenvalue weighted by atomic mass is 10.2. The summed E-state index contributed by atoms with van der Waals surface area (Å²) in [5, 5.41) is 2.90. The van der Waals surface area contributed by atoms with Crippen molar-refractivity contribution in [1.29, 1.82) is 0 Å². The number of nitrogens with zero attached hydrogens (tertiary/aromatic N) is 1. The molecule has 5 heteroatoms. The fraction of sp³-hybridized carbons (Fsp3) is 0.417. The molecule has 0 spiro atoms. The average Bonchev–Trinajstić information content (AvgIpc) is 2.51. The monoisotopic (exact) mass is 258 g/mol. The SMILES string of the molecule is Fc1cc(F)c(NC2=NCCCCC2)c(Cl)c1. The van der Waals surface area contributed by atoms with Gasteiger partial charge in [0.25, 0.3) is 0 Å². The van der Waals surface area contributed by atoms with E-state index in [2.05, 4.69) is 10.3 Å². The van der Waals surface area contributed by atoms with Crippen molar-refractivity contribution in [3.63, 3.8) is 0 Å². The summed E-state index contributed by atoms with van der Waals surface area (Å²) < 4.78 is 26.4. The molecule has 0 fully saturated rings. The Balaban J connectivity index is 2.20. The molecule has 2 nitrogen and oxygen atoms in total. The maximum Gasteiger partial charge on any atom is 0.151 e. The minimum Gasteiger partial charge on any atom is -0.340 e. The maximum absolute atomic E-state index is 13.5. The Hall–Kier alpha value is -1.16. The molecular weight excluding hydrogens is 246 g/mol. The van der Waals surface area contributed by atoms with E-state index in [1.54, 1.807) is 0 Å². The first-order valence-electron chi connectivity index (χ1n) is 5.62. The average molecular weight is 259 g/mol. The second-order valence-electron chi connectivity index (χ2n) is 4.01. The fourth-order valence-corrected chi connectivity index (χ4v) is 2.02. The minimum absolute atomic E-state index is 0.0365. The molecule has 1 aliphatic heterocycles. The molecule has 1 aromatic rings. The molecule has 1 N–H and O–H groups in total. The predicted molar refractivity (Wildman–Crippen MR) is 65.8 cm³/mol. The van der Waals surface area contributed by atoms with Gasteiger partial charge in [-0.25, -0.2) is 8.78 Å². The lowest BCUT2D eigenvalue weighted by Gasteiger charge is -2.11. The van der Waals surface area contributed by atoms with Crippen molar-refractivity contribution in [2.24, 2.45) is 4.99 Å². The second-order valence-corrected chi connectivity index (χ2v) is 4.42. The highest BCUT2D eigenvalue weighted by atomic mass is 35.5. The van der Waals surface area contributed by atoms with Crippen molar-refractivity contribution in [3.05, 3.63) is 28.8 Å². The van der Waals surface area contributed by atoms with Gasteiger partial charge in [0.2, 0.25) is 0 Å². The molecule has 17 heavy (non-hydrogen) atoms. The Morgan fingerprint density at radius 3 is 2.76 bits per heavy atom. The molecule has 0 unspecified atom stereocenters. The van der Waals surface area contributed by atoms with E-state index in [0.717, 1.165) is 50.2 Å². The first-order chi connectivity index (χ1) is 8.16. The summed E-state index contributed by atoms with van der Waals surface area (Å²) in [7, 11) is 0. The van der Waals surface area contributed by atoms with Crippen molar-refractivity contribution in [2.75, 3.05) is 11.9 Å². The summed E-state index contributed by atoms with van der Waals surface area (Å²) >= 11 is 5.80. The third-order valence-electron chi connectivity index (χ3n) is 2.65. The Kier molecular flexibility index (Phi) is 3.94. The van der Waals surface area contributed by atoms with Gasteiger partial charge in [0.15, 0.2) is 5.82 Å². The summed E-state index contributed by atoms with van der Waals surface area (Å²) in [5.41, 5.74) is 0.105. The van der Waals surface area contributed by atoms with Gasteiger partial charge in [-0.3, -0.25) is 4.99 Å². The molecule has 0 aliphatic carbocycles. The zero-order valence-electron chi connectivity index (χ0n) is 9.27. The van der Waals surface area contributed by atoms with E-state index in [9.17, 15) is 8.78 Å². The fourth-order valence-electron chi connectivity index (χ4n) is 1.78. The van der Waals surface area contributed by atoms with Crippen molar-refractivity contribution in [1.82, 2.24) is 0 Å². The van der Waals surface area contributed by atoms with Gasteiger partial charge in [-0.2, -0.15) is 0 Å². The molecule has 92 valence electrons. The molecule has 1 aliphatic rings. The number of hydrogen-bond acceptors (Lipinski definition) is 2. The topological polar surface area (TPSA) is 24.4 Å². The minimum atomic E-state index is -0.693. The van der Waals surface area contributed by atoms with E-state index in [1.807, 2.05) is 0 Å². The highest BCUT2D eigenvalue weighted by Crippen LogP contribution is 2.27. The second kappa shape index (κ2) is 5.45. The number of aliphatic imine (C=N–C) groups is 1. The highest BCUT2D eigenvalue weighted by Gasteiger charge is 2.12. The highest BCUT2D eigenvalue weighted by molar-refractivity contribution is 6.33. The number of benzene rings is 1. The van der Waals surface area contributed by atoms with Gasteiger partial charge >= 0.3 is 0 Å². The molecule has 0 radical (unpaired) electrons. The Morgan fingerprint density at radius 1 is 1.18 bits per heavy atom. The first kappa shape index (κ1) is 12.3. The Labute approximate surface area is 104 Å². The number of hydrogen-bond donors (Lipinski definition) is 1. The molecule has 0 atom stereocenters. The van der Waals surface area contributed by atoms with E-state index in [-0.39, 0.29) is 10.7 Å². The lowest BCUT2D eigenvalue weighted by Crippen LogP contribution is -2.13. The van der Waals surface area contributed by atoms with Gasteiger partial charge < -0.3 is 5.32 Å². The van der Waals surface area contributed by atoms with Crippen LogP contribution in [-0.2, 0) is 0 Å². The van der Waals surface area contributed by atoms with Crippen LogP contribution in [0.15, 0.2) is 17.1 Å². The predicted octanol–water partition coefficient (Wildman–Crippen LogP) is 4.00.